The SMILES string of the molecule is CCN(Cc1ccc(Cl)s1)C(=O)CCCC(=O)O. The van der Waals surface area contributed by atoms with Gasteiger partial charge in [0, 0.05) is 24.3 Å². The highest BCUT2D eigenvalue weighted by atomic mass is 35.5. The first-order valence-electron chi connectivity index (χ1n) is 5.76. The number of carbonyl (C=O) groups excluding carboxylic acids is 1. The van der Waals surface area contributed by atoms with Crippen LogP contribution in [0.4, 0.5) is 0 Å². The third-order valence-electron chi connectivity index (χ3n) is 2.49. The maximum atomic E-state index is 11.9. The first-order chi connectivity index (χ1) is 8.52. The Morgan fingerprint density at radius 3 is 2.61 bits per heavy atom. The molecular weight excluding hydrogens is 274 g/mol. The van der Waals surface area contributed by atoms with Gasteiger partial charge in [-0.05, 0) is 25.5 Å². The second kappa shape index (κ2) is 7.38. The van der Waals surface area contributed by atoms with E-state index >= 15 is 0 Å². The van der Waals surface area contributed by atoms with Gasteiger partial charge in [-0.25, -0.2) is 0 Å². The number of carboxylic acid groups (broad SMARTS) is 1. The summed E-state index contributed by atoms with van der Waals surface area (Å²) >= 11 is 7.29. The van der Waals surface area contributed by atoms with Gasteiger partial charge in [0.25, 0.3) is 0 Å². The van der Waals surface area contributed by atoms with E-state index in [2.05, 4.69) is 0 Å². The van der Waals surface area contributed by atoms with Crippen molar-refractivity contribution in [2.24, 2.45) is 0 Å². The number of thiophene rings is 1. The van der Waals surface area contributed by atoms with Crippen molar-refractivity contribution in [3.05, 3.63) is 21.3 Å². The monoisotopic (exact) mass is 289 g/mol. The second-order valence-electron chi connectivity index (χ2n) is 3.86. The lowest BCUT2D eigenvalue weighted by molar-refractivity contribution is -0.137. The Balaban J connectivity index is 2.44. The van der Waals surface area contributed by atoms with Crippen LogP contribution in [0.2, 0.25) is 4.34 Å². The molecule has 100 valence electrons. The highest BCUT2D eigenvalue weighted by Gasteiger charge is 2.13. The quantitative estimate of drug-likeness (QED) is 0.839. The van der Waals surface area contributed by atoms with Crippen LogP contribution in [0.1, 0.15) is 31.1 Å². The van der Waals surface area contributed by atoms with Crippen molar-refractivity contribution in [3.63, 3.8) is 0 Å². The average Bonchev–Trinajstić information content (AvgIpc) is 2.71. The van der Waals surface area contributed by atoms with E-state index in [1.807, 2.05) is 19.1 Å². The van der Waals surface area contributed by atoms with Crippen molar-refractivity contribution < 1.29 is 14.7 Å². The molecule has 0 aliphatic heterocycles. The molecule has 1 aromatic heterocycles. The molecule has 0 saturated heterocycles. The Kier molecular flexibility index (Phi) is 6.15. The van der Waals surface area contributed by atoms with Crippen molar-refractivity contribution in [1.82, 2.24) is 4.90 Å². The molecule has 1 N–H and O–H groups in total. The first kappa shape index (κ1) is 15.0. The number of carbonyl (C=O) groups is 2. The zero-order chi connectivity index (χ0) is 13.5. The van der Waals surface area contributed by atoms with Gasteiger partial charge < -0.3 is 10.0 Å². The molecule has 0 spiro atoms. The molecule has 0 aliphatic rings. The molecule has 4 nitrogen and oxygen atoms in total. The zero-order valence-corrected chi connectivity index (χ0v) is 11.8. The number of amides is 1. The Morgan fingerprint density at radius 1 is 1.39 bits per heavy atom. The molecule has 0 fully saturated rings. The molecule has 1 rings (SSSR count). The lowest BCUT2D eigenvalue weighted by atomic mass is 10.2. The topological polar surface area (TPSA) is 57.6 Å². The van der Waals surface area contributed by atoms with Crippen LogP contribution in [0.3, 0.4) is 0 Å². The summed E-state index contributed by atoms with van der Waals surface area (Å²) in [6, 6.07) is 3.71. The minimum absolute atomic E-state index is 0.0109. The van der Waals surface area contributed by atoms with E-state index in [0.717, 1.165) is 4.88 Å². The van der Waals surface area contributed by atoms with E-state index in [0.29, 0.717) is 23.8 Å². The van der Waals surface area contributed by atoms with Crippen LogP contribution < -0.4 is 0 Å². The average molecular weight is 290 g/mol. The lowest BCUT2D eigenvalue weighted by Gasteiger charge is -2.19. The summed E-state index contributed by atoms with van der Waals surface area (Å²) in [4.78, 5) is 25.0. The van der Waals surface area contributed by atoms with E-state index in [9.17, 15) is 9.59 Å². The van der Waals surface area contributed by atoms with E-state index in [-0.39, 0.29) is 18.7 Å². The van der Waals surface area contributed by atoms with E-state index in [1.54, 1.807) is 4.90 Å². The molecule has 1 aromatic rings. The summed E-state index contributed by atoms with van der Waals surface area (Å²) in [6.45, 7) is 3.06. The smallest absolute Gasteiger partial charge is 0.303 e. The van der Waals surface area contributed by atoms with Gasteiger partial charge in [-0.2, -0.15) is 0 Å². The zero-order valence-electron chi connectivity index (χ0n) is 10.2. The molecule has 6 heteroatoms. The van der Waals surface area contributed by atoms with Crippen LogP contribution in [0.15, 0.2) is 12.1 Å². The van der Waals surface area contributed by atoms with Crippen molar-refractivity contribution in [2.75, 3.05) is 6.54 Å². The normalized spacial score (nSPS) is 10.3. The molecule has 0 aliphatic carbocycles. The molecule has 1 amide bonds. The molecule has 1 heterocycles. The third kappa shape index (κ3) is 5.06. The van der Waals surface area contributed by atoms with Crippen molar-refractivity contribution in [3.8, 4) is 0 Å². The fourth-order valence-corrected chi connectivity index (χ4v) is 2.65. The van der Waals surface area contributed by atoms with E-state index in [1.165, 1.54) is 11.3 Å². The van der Waals surface area contributed by atoms with Crippen LogP contribution in [0.5, 0.6) is 0 Å². The van der Waals surface area contributed by atoms with Gasteiger partial charge in [0.05, 0.1) is 10.9 Å². The Bertz CT molecular complexity index is 419. The maximum absolute atomic E-state index is 11.9. The summed E-state index contributed by atoms with van der Waals surface area (Å²) in [6.07, 6.45) is 0.698. The van der Waals surface area contributed by atoms with Crippen molar-refractivity contribution >= 4 is 34.8 Å². The van der Waals surface area contributed by atoms with E-state index in [4.69, 9.17) is 16.7 Å². The number of hydrogen-bond donors (Lipinski definition) is 1. The molecular formula is C12H16ClNO3S. The van der Waals surface area contributed by atoms with Crippen molar-refractivity contribution in [2.45, 2.75) is 32.7 Å². The number of hydrogen-bond acceptors (Lipinski definition) is 3. The molecule has 18 heavy (non-hydrogen) atoms. The minimum Gasteiger partial charge on any atom is -0.481 e. The van der Waals surface area contributed by atoms with Crippen LogP contribution >= 0.6 is 22.9 Å². The first-order valence-corrected chi connectivity index (χ1v) is 6.96. The van der Waals surface area contributed by atoms with Gasteiger partial charge in [0.2, 0.25) is 5.91 Å². The predicted molar refractivity (Wildman–Crippen MR) is 71.9 cm³/mol. The summed E-state index contributed by atoms with van der Waals surface area (Å²) < 4.78 is 0.708. The van der Waals surface area contributed by atoms with Gasteiger partial charge in [-0.3, -0.25) is 9.59 Å². The predicted octanol–water partition coefficient (Wildman–Crippen LogP) is 3.00. The number of carboxylic acids is 1. The minimum atomic E-state index is -0.865. The maximum Gasteiger partial charge on any atom is 0.303 e. The standard InChI is InChI=1S/C12H16ClNO3S/c1-2-14(8-9-6-7-10(13)18-9)11(15)4-3-5-12(16)17/h6-7H,2-5,8H2,1H3,(H,16,17). The fraction of sp³-hybridized carbons (Fsp3) is 0.500. The van der Waals surface area contributed by atoms with Gasteiger partial charge in [0.1, 0.15) is 0 Å². The summed E-state index contributed by atoms with van der Waals surface area (Å²) in [5.41, 5.74) is 0. The number of aliphatic carboxylic acids is 1. The van der Waals surface area contributed by atoms with E-state index < -0.39 is 5.97 Å². The molecule has 0 bridgehead atoms. The van der Waals surface area contributed by atoms with Gasteiger partial charge in [0.15, 0.2) is 0 Å². The largest absolute Gasteiger partial charge is 0.481 e. The highest BCUT2D eigenvalue weighted by molar-refractivity contribution is 7.16. The molecule has 0 atom stereocenters. The molecule has 0 unspecified atom stereocenters. The van der Waals surface area contributed by atoms with Crippen LogP contribution in [0, 0.1) is 0 Å². The fourth-order valence-electron chi connectivity index (χ4n) is 1.55. The van der Waals surface area contributed by atoms with Crippen LogP contribution in [0.25, 0.3) is 0 Å². The lowest BCUT2D eigenvalue weighted by Crippen LogP contribution is -2.29. The Morgan fingerprint density at radius 2 is 2.11 bits per heavy atom. The Labute approximate surface area is 115 Å². The molecule has 0 aromatic carbocycles. The molecule has 0 saturated carbocycles. The number of halogens is 1. The summed E-state index contributed by atoms with van der Waals surface area (Å²) in [7, 11) is 0. The molecule has 0 radical (unpaired) electrons. The summed E-state index contributed by atoms with van der Waals surface area (Å²) in [5, 5.41) is 8.52. The van der Waals surface area contributed by atoms with Crippen molar-refractivity contribution in [1.29, 1.82) is 0 Å². The third-order valence-corrected chi connectivity index (χ3v) is 3.71. The summed E-state index contributed by atoms with van der Waals surface area (Å²) in [5.74, 6) is -0.876. The van der Waals surface area contributed by atoms with Gasteiger partial charge >= 0.3 is 5.97 Å². The highest BCUT2D eigenvalue weighted by Crippen LogP contribution is 2.22. The van der Waals surface area contributed by atoms with Crippen LogP contribution in [-0.4, -0.2) is 28.4 Å². The number of rotatable bonds is 7. The van der Waals surface area contributed by atoms with Crippen LogP contribution in [-0.2, 0) is 16.1 Å². The van der Waals surface area contributed by atoms with Gasteiger partial charge in [-0.1, -0.05) is 11.6 Å². The number of nitrogens with zero attached hydrogens (tertiary/aromatic N) is 1. The second-order valence-corrected chi connectivity index (χ2v) is 5.66. The Hall–Kier alpha value is -1.07. The van der Waals surface area contributed by atoms with Gasteiger partial charge in [-0.15, -0.1) is 11.3 Å².